The Labute approximate surface area is 71.6 Å². The van der Waals surface area contributed by atoms with Crippen molar-refractivity contribution >= 4 is 27.7 Å². The zero-order valence-corrected chi connectivity index (χ0v) is 7.09. The molecular weight excluding hydrogens is 210 g/mol. The predicted molar refractivity (Wildman–Crippen MR) is 43.6 cm³/mol. The Morgan fingerprint density at radius 3 is 2.91 bits per heavy atom. The molecule has 0 spiro atoms. The fourth-order valence-electron chi connectivity index (χ4n) is 0.580. The van der Waals surface area contributed by atoms with Gasteiger partial charge in [0.2, 0.25) is 6.08 Å². The number of aliphatic imine (C=N–C) groups is 1. The van der Waals surface area contributed by atoms with Gasteiger partial charge in [0.25, 0.3) is 0 Å². The lowest BCUT2D eigenvalue weighted by Gasteiger charge is -1.87. The van der Waals surface area contributed by atoms with Crippen molar-refractivity contribution in [1.82, 2.24) is 0 Å². The summed E-state index contributed by atoms with van der Waals surface area (Å²) in [5, 5.41) is 0. The van der Waals surface area contributed by atoms with Gasteiger partial charge < -0.3 is 4.42 Å². The molecule has 0 atom stereocenters. The molecule has 0 bridgehead atoms. The van der Waals surface area contributed by atoms with Crippen molar-refractivity contribution in [2.75, 3.05) is 0 Å². The summed E-state index contributed by atoms with van der Waals surface area (Å²) in [6, 6.07) is 3.36. The molecule has 0 fully saturated rings. The Bertz CT molecular complexity index is 323. The Hall–Kier alpha value is -1.12. The van der Waals surface area contributed by atoms with E-state index in [1.165, 1.54) is 6.08 Å². The normalized spacial score (nSPS) is 8.82. The number of hydrogen-bond acceptors (Lipinski definition) is 3. The number of isocyanates is 1. The molecule has 0 amide bonds. The smallest absolute Gasteiger partial charge is 0.240 e. The average Bonchev–Trinajstić information content (AvgIpc) is 2.36. The summed E-state index contributed by atoms with van der Waals surface area (Å²) in [5.74, 6) is 0.459. The molecule has 56 valence electrons. The van der Waals surface area contributed by atoms with Gasteiger partial charge >= 0.3 is 0 Å². The van der Waals surface area contributed by atoms with E-state index in [0.717, 1.165) is 0 Å². The van der Waals surface area contributed by atoms with Gasteiger partial charge in [0.1, 0.15) is 5.70 Å². The quantitative estimate of drug-likeness (QED) is 0.560. The number of nitrogens with zero attached hydrogens (tertiary/aromatic N) is 1. The average molecular weight is 214 g/mol. The van der Waals surface area contributed by atoms with Crippen LogP contribution in [0.5, 0.6) is 0 Å². The Kier molecular flexibility index (Phi) is 2.41. The molecule has 1 aromatic heterocycles. The lowest BCUT2D eigenvalue weighted by molar-refractivity contribution is 0.526. The first-order valence-electron chi connectivity index (χ1n) is 2.76. The molecule has 11 heavy (non-hydrogen) atoms. The molecule has 0 saturated carbocycles. The van der Waals surface area contributed by atoms with Crippen LogP contribution in [0.25, 0.3) is 5.70 Å². The van der Waals surface area contributed by atoms with Gasteiger partial charge in [-0.2, -0.15) is 4.99 Å². The highest BCUT2D eigenvalue weighted by Crippen LogP contribution is 2.20. The van der Waals surface area contributed by atoms with Gasteiger partial charge in [-0.1, -0.05) is 6.58 Å². The van der Waals surface area contributed by atoms with Crippen LogP contribution in [0.15, 0.2) is 32.8 Å². The summed E-state index contributed by atoms with van der Waals surface area (Å²) in [6.07, 6.45) is 1.38. The van der Waals surface area contributed by atoms with E-state index in [2.05, 4.69) is 27.5 Å². The second-order valence-electron chi connectivity index (χ2n) is 1.75. The topological polar surface area (TPSA) is 42.6 Å². The molecule has 1 rings (SSSR count). The number of carbonyl (C=O) groups excluding carboxylic acids is 1. The molecule has 0 aromatic carbocycles. The first-order valence-corrected chi connectivity index (χ1v) is 3.56. The van der Waals surface area contributed by atoms with Crippen LogP contribution in [-0.4, -0.2) is 6.08 Å². The summed E-state index contributed by atoms with van der Waals surface area (Å²) in [4.78, 5) is 13.1. The Morgan fingerprint density at radius 1 is 1.73 bits per heavy atom. The van der Waals surface area contributed by atoms with Gasteiger partial charge in [-0.05, 0) is 28.1 Å². The van der Waals surface area contributed by atoms with Crippen LogP contribution < -0.4 is 0 Å². The van der Waals surface area contributed by atoms with Gasteiger partial charge in [0, 0.05) is 0 Å². The van der Waals surface area contributed by atoms with E-state index in [9.17, 15) is 4.79 Å². The van der Waals surface area contributed by atoms with Crippen LogP contribution in [0, 0.1) is 0 Å². The number of furan rings is 1. The fourth-order valence-corrected chi connectivity index (χ4v) is 0.886. The molecule has 0 aliphatic carbocycles. The van der Waals surface area contributed by atoms with E-state index < -0.39 is 0 Å². The third-order valence-electron chi connectivity index (χ3n) is 1.04. The van der Waals surface area contributed by atoms with E-state index in [4.69, 9.17) is 4.42 Å². The second-order valence-corrected chi connectivity index (χ2v) is 2.54. The summed E-state index contributed by atoms with van der Waals surface area (Å²) in [7, 11) is 0. The molecule has 0 aliphatic heterocycles. The van der Waals surface area contributed by atoms with Gasteiger partial charge in [-0.25, -0.2) is 4.79 Å². The van der Waals surface area contributed by atoms with E-state index >= 15 is 0 Å². The zero-order chi connectivity index (χ0) is 8.27. The Morgan fingerprint density at radius 2 is 2.45 bits per heavy atom. The van der Waals surface area contributed by atoms with Crippen molar-refractivity contribution in [2.24, 2.45) is 4.99 Å². The minimum atomic E-state index is 0.269. The number of rotatable bonds is 2. The minimum Gasteiger partial charge on any atom is -0.448 e. The van der Waals surface area contributed by atoms with Crippen molar-refractivity contribution in [3.05, 3.63) is 29.1 Å². The highest BCUT2D eigenvalue weighted by molar-refractivity contribution is 9.10. The first-order chi connectivity index (χ1) is 5.24. The van der Waals surface area contributed by atoms with Crippen molar-refractivity contribution in [1.29, 1.82) is 0 Å². The molecular formula is C7H4BrNO2. The van der Waals surface area contributed by atoms with Crippen LogP contribution >= 0.6 is 15.9 Å². The van der Waals surface area contributed by atoms with Crippen LogP contribution in [0.2, 0.25) is 0 Å². The molecule has 0 radical (unpaired) electrons. The summed E-state index contributed by atoms with van der Waals surface area (Å²) in [5.41, 5.74) is 0.269. The highest BCUT2D eigenvalue weighted by atomic mass is 79.9. The van der Waals surface area contributed by atoms with Crippen LogP contribution in [0.1, 0.15) is 5.76 Å². The minimum absolute atomic E-state index is 0.269. The van der Waals surface area contributed by atoms with E-state index in [1.54, 1.807) is 12.1 Å². The van der Waals surface area contributed by atoms with E-state index in [-0.39, 0.29) is 5.70 Å². The van der Waals surface area contributed by atoms with Crippen molar-refractivity contribution in [3.63, 3.8) is 0 Å². The fraction of sp³-hybridized carbons (Fsp3) is 0. The maximum absolute atomic E-state index is 9.79. The van der Waals surface area contributed by atoms with E-state index in [1.807, 2.05) is 0 Å². The van der Waals surface area contributed by atoms with Crippen LogP contribution in [0.4, 0.5) is 0 Å². The lowest BCUT2D eigenvalue weighted by atomic mass is 10.4. The standard InChI is InChI=1S/C7H4BrNO2/c1-5(9-4-10)6-2-3-7(8)11-6/h2-3H,1H2. The summed E-state index contributed by atoms with van der Waals surface area (Å²) >= 11 is 3.10. The van der Waals surface area contributed by atoms with Crippen molar-refractivity contribution in [2.45, 2.75) is 0 Å². The van der Waals surface area contributed by atoms with Gasteiger partial charge in [-0.3, -0.25) is 0 Å². The molecule has 0 saturated heterocycles. The van der Waals surface area contributed by atoms with Gasteiger partial charge in [-0.15, -0.1) is 0 Å². The highest BCUT2D eigenvalue weighted by Gasteiger charge is 2.01. The molecule has 1 aromatic rings. The maximum atomic E-state index is 9.79. The molecule has 0 N–H and O–H groups in total. The van der Waals surface area contributed by atoms with E-state index in [0.29, 0.717) is 10.4 Å². The Balaban J connectivity index is 2.93. The predicted octanol–water partition coefficient (Wildman–Crippen LogP) is 2.35. The van der Waals surface area contributed by atoms with Crippen LogP contribution in [0.3, 0.4) is 0 Å². The van der Waals surface area contributed by atoms with Gasteiger partial charge in [0.15, 0.2) is 10.4 Å². The maximum Gasteiger partial charge on any atom is 0.240 e. The summed E-state index contributed by atoms with van der Waals surface area (Å²) in [6.45, 7) is 3.48. The third kappa shape index (κ3) is 1.90. The van der Waals surface area contributed by atoms with Crippen molar-refractivity contribution < 1.29 is 9.21 Å². The molecule has 3 nitrogen and oxygen atoms in total. The monoisotopic (exact) mass is 213 g/mol. The zero-order valence-electron chi connectivity index (χ0n) is 5.50. The largest absolute Gasteiger partial charge is 0.448 e. The molecule has 0 aliphatic rings. The number of halogens is 1. The molecule has 4 heteroatoms. The summed E-state index contributed by atoms with van der Waals surface area (Å²) < 4.78 is 5.62. The van der Waals surface area contributed by atoms with Crippen molar-refractivity contribution in [3.8, 4) is 0 Å². The molecule has 1 heterocycles. The number of hydrogen-bond donors (Lipinski definition) is 0. The first kappa shape index (κ1) is 7.98. The molecule has 0 unspecified atom stereocenters. The van der Waals surface area contributed by atoms with Gasteiger partial charge in [0.05, 0.1) is 0 Å². The third-order valence-corrected chi connectivity index (χ3v) is 1.46. The van der Waals surface area contributed by atoms with Crippen LogP contribution in [-0.2, 0) is 4.79 Å². The second kappa shape index (κ2) is 3.32. The lowest BCUT2D eigenvalue weighted by Crippen LogP contribution is -1.70. The SMILES string of the molecule is C=C(N=C=O)c1ccc(Br)o1.